The van der Waals surface area contributed by atoms with Crippen LogP contribution in [0.4, 0.5) is 0 Å². The molecule has 0 spiro atoms. The summed E-state index contributed by atoms with van der Waals surface area (Å²) < 4.78 is 13.9. The maximum atomic E-state index is 13.0. The van der Waals surface area contributed by atoms with Gasteiger partial charge in [0.1, 0.15) is 11.3 Å². The molecule has 0 aliphatic heterocycles. The van der Waals surface area contributed by atoms with E-state index in [0.717, 1.165) is 0 Å². The highest BCUT2D eigenvalue weighted by molar-refractivity contribution is 9.10. The van der Waals surface area contributed by atoms with Crippen molar-refractivity contribution in [1.29, 1.82) is 0 Å². The van der Waals surface area contributed by atoms with Gasteiger partial charge in [-0.2, -0.15) is 0 Å². The van der Waals surface area contributed by atoms with Gasteiger partial charge in [-0.1, -0.05) is 30.3 Å². The van der Waals surface area contributed by atoms with Crippen molar-refractivity contribution in [3.05, 3.63) is 93.3 Å². The largest absolute Gasteiger partial charge is 0.478 e. The Labute approximate surface area is 196 Å². The number of ketones is 1. The van der Waals surface area contributed by atoms with Crippen molar-refractivity contribution in [2.75, 3.05) is 0 Å². The third-order valence-corrected chi connectivity index (χ3v) is 5.89. The van der Waals surface area contributed by atoms with Gasteiger partial charge >= 0.3 is 5.97 Å². The maximum absolute atomic E-state index is 13.0. The predicted molar refractivity (Wildman–Crippen MR) is 125 cm³/mol. The van der Waals surface area contributed by atoms with Crippen LogP contribution >= 0.6 is 15.9 Å². The van der Waals surface area contributed by atoms with Gasteiger partial charge in [0.15, 0.2) is 22.0 Å². The summed E-state index contributed by atoms with van der Waals surface area (Å²) in [6.45, 7) is 3.30. The van der Waals surface area contributed by atoms with Crippen LogP contribution in [0.5, 0.6) is 0 Å². The number of imidazole rings is 1. The number of carboxylic acid groups (broad SMARTS) is 1. The van der Waals surface area contributed by atoms with Crippen molar-refractivity contribution in [1.82, 2.24) is 9.55 Å². The van der Waals surface area contributed by atoms with Gasteiger partial charge in [0.2, 0.25) is 5.88 Å². The molecule has 0 saturated heterocycles. The second-order valence-corrected chi connectivity index (χ2v) is 8.32. The Hall–Kier alpha value is -3.91. The lowest BCUT2D eigenvalue weighted by Crippen LogP contribution is -2.02. The molecule has 0 bridgehead atoms. The normalized spacial score (nSPS) is 11.2. The lowest BCUT2D eigenvalue weighted by Gasteiger charge is -2.06. The van der Waals surface area contributed by atoms with E-state index in [9.17, 15) is 14.7 Å². The molecule has 8 heteroatoms. The van der Waals surface area contributed by atoms with Crippen molar-refractivity contribution in [2.45, 2.75) is 13.8 Å². The molecule has 7 nitrogen and oxygen atoms in total. The number of furan rings is 2. The highest BCUT2D eigenvalue weighted by atomic mass is 79.9. The summed E-state index contributed by atoms with van der Waals surface area (Å²) in [5, 5.41) is 9.62. The fourth-order valence-electron chi connectivity index (χ4n) is 3.95. The summed E-state index contributed by atoms with van der Waals surface area (Å²) in [5.74, 6) is 0.319. The number of fused-ring (bicyclic) bond motifs is 1. The molecule has 0 radical (unpaired) electrons. The molecule has 164 valence electrons. The van der Waals surface area contributed by atoms with Gasteiger partial charge in [0.25, 0.3) is 0 Å². The Morgan fingerprint density at radius 3 is 2.36 bits per heavy atom. The number of carbonyl (C=O) groups excluding carboxylic acids is 1. The Bertz CT molecular complexity index is 1540. The first-order chi connectivity index (χ1) is 15.8. The highest BCUT2D eigenvalue weighted by Crippen LogP contribution is 2.35. The summed E-state index contributed by atoms with van der Waals surface area (Å²) in [5.41, 5.74) is 2.84. The number of hydrogen-bond acceptors (Lipinski definition) is 5. The molecule has 2 aromatic carbocycles. The van der Waals surface area contributed by atoms with Crippen molar-refractivity contribution >= 4 is 38.7 Å². The third-order valence-electron chi connectivity index (χ3n) is 5.46. The van der Waals surface area contributed by atoms with Crippen LogP contribution in [0.15, 0.2) is 74.2 Å². The molecular formula is C25H17BrN2O5. The SMILES string of the molecule is Cc1oc(-n2c(-c3ccc(Br)o3)nc3cc(C(=O)c4ccccc4)ccc32)c(C)c1C(=O)O. The molecule has 0 amide bonds. The zero-order chi connectivity index (χ0) is 23.3. The van der Waals surface area contributed by atoms with E-state index in [0.29, 0.717) is 55.6 Å². The van der Waals surface area contributed by atoms with Gasteiger partial charge in [-0.15, -0.1) is 0 Å². The van der Waals surface area contributed by atoms with Gasteiger partial charge in [-0.05, 0) is 60.1 Å². The van der Waals surface area contributed by atoms with E-state index in [1.165, 1.54) is 0 Å². The summed E-state index contributed by atoms with van der Waals surface area (Å²) in [7, 11) is 0. The quantitative estimate of drug-likeness (QED) is 0.286. The molecule has 0 atom stereocenters. The Morgan fingerprint density at radius 2 is 1.73 bits per heavy atom. The van der Waals surface area contributed by atoms with Crippen molar-refractivity contribution < 1.29 is 23.5 Å². The van der Waals surface area contributed by atoms with Gasteiger partial charge in [-0.3, -0.25) is 9.36 Å². The number of rotatable bonds is 5. The standard InChI is InChI=1S/C25H17BrN2O5/c1-13-21(25(30)31)14(2)32-24(13)28-18-9-8-16(22(29)15-6-4-3-5-7-15)12-17(18)27-23(28)19-10-11-20(26)33-19/h3-12H,1-2H3,(H,30,31). The minimum absolute atomic E-state index is 0.106. The van der Waals surface area contributed by atoms with Gasteiger partial charge in [-0.25, -0.2) is 9.78 Å². The Kier molecular flexibility index (Phi) is 5.02. The van der Waals surface area contributed by atoms with Crippen LogP contribution in [-0.2, 0) is 0 Å². The first-order valence-electron chi connectivity index (χ1n) is 10.1. The van der Waals surface area contributed by atoms with Crippen LogP contribution in [0, 0.1) is 13.8 Å². The monoisotopic (exact) mass is 504 g/mol. The van der Waals surface area contributed by atoms with Crippen molar-refractivity contribution in [3.63, 3.8) is 0 Å². The zero-order valence-corrected chi connectivity index (χ0v) is 19.2. The van der Waals surface area contributed by atoms with Crippen LogP contribution in [-0.4, -0.2) is 26.4 Å². The van der Waals surface area contributed by atoms with Gasteiger partial charge < -0.3 is 13.9 Å². The van der Waals surface area contributed by atoms with Crippen molar-refractivity contribution in [2.24, 2.45) is 0 Å². The smallest absolute Gasteiger partial charge is 0.339 e. The summed E-state index contributed by atoms with van der Waals surface area (Å²) >= 11 is 3.31. The van der Waals surface area contributed by atoms with Crippen LogP contribution in [0.25, 0.3) is 28.5 Å². The number of aromatic carboxylic acids is 1. The molecule has 0 unspecified atom stereocenters. The topological polar surface area (TPSA) is 98.5 Å². The van der Waals surface area contributed by atoms with E-state index in [4.69, 9.17) is 13.8 Å². The van der Waals surface area contributed by atoms with E-state index in [2.05, 4.69) is 15.9 Å². The molecule has 0 aliphatic carbocycles. The average molecular weight is 505 g/mol. The Morgan fingerprint density at radius 1 is 0.970 bits per heavy atom. The molecule has 0 aliphatic rings. The van der Waals surface area contributed by atoms with Gasteiger partial charge in [0, 0.05) is 16.7 Å². The van der Waals surface area contributed by atoms with E-state index < -0.39 is 5.97 Å². The van der Waals surface area contributed by atoms with Crippen LogP contribution in [0.3, 0.4) is 0 Å². The van der Waals surface area contributed by atoms with E-state index in [-0.39, 0.29) is 11.3 Å². The molecule has 0 fully saturated rings. The van der Waals surface area contributed by atoms with Crippen LogP contribution in [0.1, 0.15) is 37.6 Å². The van der Waals surface area contributed by atoms with E-state index >= 15 is 0 Å². The highest BCUT2D eigenvalue weighted by Gasteiger charge is 2.26. The fraction of sp³-hybridized carbons (Fsp3) is 0.0800. The predicted octanol–water partition coefficient (Wildman–Crippen LogP) is 6.19. The Balaban J connectivity index is 1.75. The number of hydrogen-bond donors (Lipinski definition) is 1. The number of carboxylic acids is 1. The second-order valence-electron chi connectivity index (χ2n) is 7.54. The zero-order valence-electron chi connectivity index (χ0n) is 17.6. The molecule has 5 aromatic rings. The fourth-order valence-corrected chi connectivity index (χ4v) is 4.26. The van der Waals surface area contributed by atoms with E-state index in [1.54, 1.807) is 60.9 Å². The van der Waals surface area contributed by atoms with Gasteiger partial charge in [0.05, 0.1) is 11.0 Å². The molecule has 0 saturated carbocycles. The third kappa shape index (κ3) is 3.48. The molecule has 5 rings (SSSR count). The molecule has 33 heavy (non-hydrogen) atoms. The maximum Gasteiger partial charge on any atom is 0.339 e. The van der Waals surface area contributed by atoms with E-state index in [1.807, 2.05) is 18.2 Å². The molecule has 1 N–H and O–H groups in total. The number of aryl methyl sites for hydroxylation is 1. The summed E-state index contributed by atoms with van der Waals surface area (Å²) in [6.07, 6.45) is 0. The first kappa shape index (κ1) is 21.0. The molecular weight excluding hydrogens is 488 g/mol. The number of halogens is 1. The minimum Gasteiger partial charge on any atom is -0.478 e. The van der Waals surface area contributed by atoms with Crippen molar-refractivity contribution in [3.8, 4) is 17.5 Å². The van der Waals surface area contributed by atoms with Crippen LogP contribution < -0.4 is 0 Å². The number of aromatic nitrogens is 2. The summed E-state index contributed by atoms with van der Waals surface area (Å²) in [6, 6.07) is 17.7. The lowest BCUT2D eigenvalue weighted by atomic mass is 10.0. The average Bonchev–Trinajstić information content (AvgIpc) is 3.47. The molecule has 3 aromatic heterocycles. The number of nitrogens with zero attached hydrogens (tertiary/aromatic N) is 2. The number of carbonyl (C=O) groups is 2. The lowest BCUT2D eigenvalue weighted by molar-refractivity contribution is 0.0694. The minimum atomic E-state index is -1.07. The summed E-state index contributed by atoms with van der Waals surface area (Å²) in [4.78, 5) is 29.4. The number of benzene rings is 2. The first-order valence-corrected chi connectivity index (χ1v) is 10.9. The second kappa shape index (κ2) is 7.90. The molecule has 3 heterocycles. The van der Waals surface area contributed by atoms with Crippen LogP contribution in [0.2, 0.25) is 0 Å².